The monoisotopic (exact) mass is 490 g/mol. The average molecular weight is 491 g/mol. The van der Waals surface area contributed by atoms with E-state index in [0.29, 0.717) is 29.2 Å². The van der Waals surface area contributed by atoms with Crippen molar-refractivity contribution in [3.63, 3.8) is 0 Å². The third-order valence-corrected chi connectivity index (χ3v) is 6.96. The minimum Gasteiger partial charge on any atom is -0.606 e. The smallest absolute Gasteiger partial charge is 0.416 e. The number of methoxy groups -OCH3 is 1. The van der Waals surface area contributed by atoms with E-state index < -0.39 is 34.4 Å². The predicted molar refractivity (Wildman–Crippen MR) is 121 cm³/mol. The molecule has 1 aliphatic rings. The summed E-state index contributed by atoms with van der Waals surface area (Å²) in [4.78, 5) is 30.5. The fourth-order valence-electron chi connectivity index (χ4n) is 3.59. The van der Waals surface area contributed by atoms with Gasteiger partial charge < -0.3 is 19.2 Å². The number of ether oxygens (including phenoxy) is 1. The number of anilines is 1. The summed E-state index contributed by atoms with van der Waals surface area (Å²) in [6.07, 6.45) is -3.36. The largest absolute Gasteiger partial charge is 0.606 e. The predicted octanol–water partition coefficient (Wildman–Crippen LogP) is 4.69. The van der Waals surface area contributed by atoms with Crippen LogP contribution in [-0.2, 0) is 17.4 Å². The quantitative estimate of drug-likeness (QED) is 0.508. The summed E-state index contributed by atoms with van der Waals surface area (Å²) in [6.45, 7) is 1.56. The summed E-state index contributed by atoms with van der Waals surface area (Å²) in [7, 11) is 1.48. The molecule has 0 radical (unpaired) electrons. The summed E-state index contributed by atoms with van der Waals surface area (Å²) in [5, 5.41) is 0. The van der Waals surface area contributed by atoms with Gasteiger partial charge in [-0.15, -0.1) is 0 Å². The van der Waals surface area contributed by atoms with Crippen molar-refractivity contribution >= 4 is 22.8 Å². The van der Waals surface area contributed by atoms with Gasteiger partial charge in [-0.3, -0.25) is 9.59 Å². The number of aromatic amines is 1. The van der Waals surface area contributed by atoms with Crippen LogP contribution in [0, 0.1) is 6.92 Å². The molecule has 34 heavy (non-hydrogen) atoms. The Morgan fingerprint density at radius 1 is 1.15 bits per heavy atom. The molecule has 1 N–H and O–H groups in total. The molecule has 1 unspecified atom stereocenters. The van der Waals surface area contributed by atoms with E-state index in [0.717, 1.165) is 12.1 Å². The lowest BCUT2D eigenvalue weighted by Crippen LogP contribution is -2.37. The number of nitrogens with zero attached hydrogens (tertiary/aromatic N) is 1. The number of H-pyrrole nitrogens is 1. The number of aryl methyl sites for hydroxylation is 1. The molecule has 1 aliphatic carbocycles. The van der Waals surface area contributed by atoms with Crippen molar-refractivity contribution in [2.45, 2.75) is 41.8 Å². The number of carbonyl (C=O) groups is 1. The maximum Gasteiger partial charge on any atom is 0.416 e. The molecule has 1 saturated carbocycles. The number of halogens is 3. The summed E-state index contributed by atoms with van der Waals surface area (Å²) in [5.74, 6) is -0.249. The molecule has 4 rings (SSSR count). The van der Waals surface area contributed by atoms with E-state index >= 15 is 0 Å². The molecular formula is C24H21F3N2O4S. The number of nitrogens with one attached hydrogen (secondary N) is 1. The Labute approximate surface area is 196 Å². The summed E-state index contributed by atoms with van der Waals surface area (Å²) in [5.41, 5.74) is -1.51. The molecular weight excluding hydrogens is 469 g/mol. The molecule has 0 aliphatic heterocycles. The Bertz CT molecular complexity index is 1290. The normalized spacial score (nSPS) is 14.5. The lowest BCUT2D eigenvalue weighted by Gasteiger charge is -2.24. The Morgan fingerprint density at radius 2 is 1.85 bits per heavy atom. The van der Waals surface area contributed by atoms with Crippen molar-refractivity contribution in [2.24, 2.45) is 0 Å². The maximum atomic E-state index is 13.4. The van der Waals surface area contributed by atoms with Crippen molar-refractivity contribution in [3.05, 3.63) is 81.8 Å². The van der Waals surface area contributed by atoms with Crippen LogP contribution in [0.5, 0.6) is 5.75 Å². The zero-order valence-corrected chi connectivity index (χ0v) is 19.1. The van der Waals surface area contributed by atoms with Gasteiger partial charge in [0.1, 0.15) is 11.3 Å². The second kappa shape index (κ2) is 9.19. The summed E-state index contributed by atoms with van der Waals surface area (Å²) >= 11 is -1.74. The fourth-order valence-corrected chi connectivity index (χ4v) is 4.82. The van der Waals surface area contributed by atoms with Gasteiger partial charge >= 0.3 is 6.18 Å². The van der Waals surface area contributed by atoms with Gasteiger partial charge in [-0.25, -0.2) is 0 Å². The van der Waals surface area contributed by atoms with Gasteiger partial charge in [0.25, 0.3) is 11.5 Å². The summed E-state index contributed by atoms with van der Waals surface area (Å²) < 4.78 is 58.1. The van der Waals surface area contributed by atoms with Crippen LogP contribution < -0.4 is 15.2 Å². The molecule has 1 fully saturated rings. The SMILES string of the molecule is COc1cccc([S+]([O-])c2cc(C(=O)N(c3cccc(C(F)(F)F)c3)C3CC3)c(=O)[nH]c2C)c1. The van der Waals surface area contributed by atoms with E-state index in [9.17, 15) is 27.3 Å². The van der Waals surface area contributed by atoms with Crippen molar-refractivity contribution in [1.29, 1.82) is 0 Å². The first-order valence-electron chi connectivity index (χ1n) is 10.4. The first kappa shape index (κ1) is 23.9. The number of hydrogen-bond donors (Lipinski definition) is 1. The van der Waals surface area contributed by atoms with Crippen LogP contribution in [-0.4, -0.2) is 28.6 Å². The number of alkyl halides is 3. The number of pyridine rings is 1. The summed E-state index contributed by atoms with van der Waals surface area (Å²) in [6, 6.07) is 12.0. The zero-order valence-electron chi connectivity index (χ0n) is 18.3. The number of benzene rings is 2. The van der Waals surface area contributed by atoms with Crippen LogP contribution in [0.15, 0.2) is 69.2 Å². The lowest BCUT2D eigenvalue weighted by molar-refractivity contribution is -0.137. The molecule has 10 heteroatoms. The van der Waals surface area contributed by atoms with Gasteiger partial charge in [0, 0.05) is 35.0 Å². The molecule has 178 valence electrons. The van der Waals surface area contributed by atoms with Crippen molar-refractivity contribution in [2.75, 3.05) is 12.0 Å². The van der Waals surface area contributed by atoms with E-state index in [2.05, 4.69) is 4.98 Å². The molecule has 1 amide bonds. The van der Waals surface area contributed by atoms with Gasteiger partial charge in [0.2, 0.25) is 0 Å². The molecule has 2 aromatic carbocycles. The first-order valence-corrected chi connectivity index (χ1v) is 11.6. The Balaban J connectivity index is 1.75. The van der Waals surface area contributed by atoms with Crippen molar-refractivity contribution in [3.8, 4) is 5.75 Å². The van der Waals surface area contributed by atoms with Crippen LogP contribution in [0.25, 0.3) is 0 Å². The number of rotatable bonds is 6. The van der Waals surface area contributed by atoms with Crippen molar-refractivity contribution < 1.29 is 27.3 Å². The standard InChI is InChI=1S/C24H21F3N2O4S/c1-14-21(34(32)19-8-4-7-18(12-19)33-2)13-20(22(30)28-14)23(31)29(16-9-10-16)17-6-3-5-15(11-17)24(25,26)27/h3-8,11-13,16H,9-10H2,1-2H3,(H,28,30). The number of hydrogen-bond acceptors (Lipinski definition) is 4. The van der Waals surface area contributed by atoms with E-state index in [1.54, 1.807) is 31.2 Å². The molecule has 0 saturated heterocycles. The first-order chi connectivity index (χ1) is 16.1. The van der Waals surface area contributed by atoms with Gasteiger partial charge in [0.05, 0.1) is 18.4 Å². The van der Waals surface area contributed by atoms with E-state index in [-0.39, 0.29) is 22.2 Å². The highest BCUT2D eigenvalue weighted by Crippen LogP contribution is 2.37. The third kappa shape index (κ3) is 4.83. The number of carbonyl (C=O) groups excluding carboxylic acids is 1. The molecule has 0 spiro atoms. The van der Waals surface area contributed by atoms with Gasteiger partial charge in [-0.05, 0) is 50.1 Å². The van der Waals surface area contributed by atoms with E-state index in [1.165, 1.54) is 30.2 Å². The second-order valence-corrected chi connectivity index (χ2v) is 9.35. The van der Waals surface area contributed by atoms with Crippen LogP contribution in [0.3, 0.4) is 0 Å². The van der Waals surface area contributed by atoms with Crippen LogP contribution in [0.1, 0.15) is 34.5 Å². The number of amides is 1. The Hall–Kier alpha value is -3.24. The molecule has 3 aromatic rings. The van der Waals surface area contributed by atoms with Crippen LogP contribution >= 0.6 is 0 Å². The van der Waals surface area contributed by atoms with Crippen LogP contribution in [0.4, 0.5) is 18.9 Å². The fraction of sp³-hybridized carbons (Fsp3) is 0.250. The molecule has 0 bridgehead atoms. The van der Waals surface area contributed by atoms with Crippen LogP contribution in [0.2, 0.25) is 0 Å². The minimum absolute atomic E-state index is 0.0535. The van der Waals surface area contributed by atoms with E-state index in [4.69, 9.17) is 4.74 Å². The molecule has 1 aromatic heterocycles. The number of aromatic nitrogens is 1. The maximum absolute atomic E-state index is 13.4. The Kier molecular flexibility index (Phi) is 6.46. The van der Waals surface area contributed by atoms with Gasteiger partial charge in [-0.1, -0.05) is 12.1 Å². The second-order valence-electron chi connectivity index (χ2n) is 7.90. The molecule has 6 nitrogen and oxygen atoms in total. The highest BCUT2D eigenvalue weighted by atomic mass is 32.2. The lowest BCUT2D eigenvalue weighted by atomic mass is 10.1. The Morgan fingerprint density at radius 3 is 2.50 bits per heavy atom. The highest BCUT2D eigenvalue weighted by Gasteiger charge is 2.38. The van der Waals surface area contributed by atoms with Gasteiger partial charge in [-0.2, -0.15) is 13.2 Å². The molecule has 1 heterocycles. The highest BCUT2D eigenvalue weighted by molar-refractivity contribution is 7.91. The third-order valence-electron chi connectivity index (χ3n) is 5.46. The average Bonchev–Trinajstić information content (AvgIpc) is 3.63. The van der Waals surface area contributed by atoms with E-state index in [1.807, 2.05) is 0 Å². The molecule has 1 atom stereocenters. The van der Waals surface area contributed by atoms with Gasteiger partial charge in [0.15, 0.2) is 9.79 Å². The minimum atomic E-state index is -4.57. The topological polar surface area (TPSA) is 85.5 Å². The van der Waals surface area contributed by atoms with Crippen molar-refractivity contribution in [1.82, 2.24) is 4.98 Å². The zero-order chi connectivity index (χ0) is 24.6.